The van der Waals surface area contributed by atoms with Crippen LogP contribution in [0, 0.1) is 11.8 Å². The van der Waals surface area contributed by atoms with Gasteiger partial charge in [-0.3, -0.25) is 14.5 Å². The molecule has 0 aromatic carbocycles. The number of hydrogen-bond acceptors (Lipinski definition) is 7. The highest BCUT2D eigenvalue weighted by atomic mass is 35.5. The molecule has 2 heterocycles. The molecule has 2 aromatic rings. The Balaban J connectivity index is 0.00000178. The Bertz CT molecular complexity index is 1200. The third kappa shape index (κ3) is 8.93. The zero-order chi connectivity index (χ0) is 30.3. The van der Waals surface area contributed by atoms with Gasteiger partial charge in [0.1, 0.15) is 5.75 Å². The van der Waals surface area contributed by atoms with Crippen molar-refractivity contribution in [1.82, 2.24) is 20.1 Å². The Morgan fingerprint density at radius 1 is 1.32 bits per heavy atom. The number of hydrogen-bond donors (Lipinski definition) is 2. The number of carbonyl (C=O) groups excluding carboxylic acids is 1. The first-order valence-corrected chi connectivity index (χ1v) is 13.4. The topological polar surface area (TPSA) is 123 Å². The van der Waals surface area contributed by atoms with E-state index in [1.165, 1.54) is 4.68 Å². The molecule has 3 rings (SSSR count). The predicted octanol–water partition coefficient (Wildman–Crippen LogP) is 4.96. The molecule has 0 radical (unpaired) electrons. The summed E-state index contributed by atoms with van der Waals surface area (Å²) in [4.78, 5) is 16.9. The summed E-state index contributed by atoms with van der Waals surface area (Å²) in [6.45, 7) is 1.65. The van der Waals surface area contributed by atoms with Crippen molar-refractivity contribution in [3.63, 3.8) is 0 Å². The van der Waals surface area contributed by atoms with E-state index in [0.717, 1.165) is 32.0 Å². The van der Waals surface area contributed by atoms with Gasteiger partial charge in [0.05, 0.1) is 27.8 Å². The van der Waals surface area contributed by atoms with Crippen molar-refractivity contribution in [2.24, 2.45) is 11.8 Å². The monoisotopic (exact) mass is 616 g/mol. The Hall–Kier alpha value is -2.65. The molecule has 1 aliphatic carbocycles. The maximum absolute atomic E-state index is 13.2. The molecular weight excluding hydrogens is 587 g/mol. The fraction of sp³-hybridized carbons (Fsp3) is 0.625. The molecule has 1 fully saturated rings. The summed E-state index contributed by atoms with van der Waals surface area (Å²) in [5, 5.41) is 17.4. The summed E-state index contributed by atoms with van der Waals surface area (Å²) >= 11 is 5.73. The summed E-state index contributed by atoms with van der Waals surface area (Å²) in [6, 6.07) is 1.01. The van der Waals surface area contributed by atoms with Crippen LogP contribution in [0.1, 0.15) is 62.6 Å². The molecule has 1 atom stereocenters. The van der Waals surface area contributed by atoms with Gasteiger partial charge < -0.3 is 15.2 Å². The van der Waals surface area contributed by atoms with Crippen molar-refractivity contribution >= 4 is 29.1 Å². The molecule has 1 amide bonds. The molecule has 0 unspecified atom stereocenters. The summed E-state index contributed by atoms with van der Waals surface area (Å²) in [6.07, 6.45) is -1.21. The number of aliphatic hydroxyl groups is 1. The number of alkyl halides is 5. The Morgan fingerprint density at radius 2 is 1.93 bits per heavy atom. The van der Waals surface area contributed by atoms with Crippen LogP contribution in [0.15, 0.2) is 12.3 Å². The molecule has 9 nitrogen and oxygen atoms in total. The van der Waals surface area contributed by atoms with Gasteiger partial charge in [-0.15, -0.1) is 0 Å². The summed E-state index contributed by atoms with van der Waals surface area (Å²) in [5.41, 5.74) is -1.34. The molecule has 1 aliphatic rings. The molecule has 0 bridgehead atoms. The minimum absolute atomic E-state index is 0.00339. The predicted molar refractivity (Wildman–Crippen MR) is 136 cm³/mol. The molecule has 16 heteroatoms. The highest BCUT2D eigenvalue weighted by Gasteiger charge is 2.37. The Labute approximate surface area is 236 Å². The number of pyridine rings is 1. The van der Waals surface area contributed by atoms with Crippen LogP contribution < -0.4 is 10.1 Å². The van der Waals surface area contributed by atoms with E-state index in [1.54, 1.807) is 6.92 Å². The minimum Gasteiger partial charge on any atom is -0.434 e. The van der Waals surface area contributed by atoms with E-state index in [-0.39, 0.29) is 40.8 Å². The minimum atomic E-state index is -4.49. The van der Waals surface area contributed by atoms with Crippen molar-refractivity contribution in [1.29, 1.82) is 0 Å². The molecule has 0 spiro atoms. The second kappa shape index (κ2) is 14.3. The number of halogens is 6. The third-order valence-corrected chi connectivity index (χ3v) is 7.02. The van der Waals surface area contributed by atoms with Crippen molar-refractivity contribution in [2.75, 3.05) is 6.54 Å². The zero-order valence-electron chi connectivity index (χ0n) is 21.9. The number of carbonyl (C=O) groups is 1. The largest absolute Gasteiger partial charge is 0.434 e. The van der Waals surface area contributed by atoms with Gasteiger partial charge in [-0.1, -0.05) is 25.4 Å². The first-order valence-electron chi connectivity index (χ1n) is 12.3. The quantitative estimate of drug-likeness (QED) is 0.382. The lowest BCUT2D eigenvalue weighted by molar-refractivity contribution is -0.169. The fourth-order valence-electron chi connectivity index (χ4n) is 4.27. The number of aromatic nitrogens is 3. The van der Waals surface area contributed by atoms with E-state index >= 15 is 0 Å². The second-order valence-corrected chi connectivity index (χ2v) is 10.2. The number of rotatable bonds is 9. The Morgan fingerprint density at radius 3 is 2.45 bits per heavy atom. The van der Waals surface area contributed by atoms with Crippen LogP contribution >= 0.6 is 11.6 Å². The third-order valence-electron chi connectivity index (χ3n) is 6.66. The van der Waals surface area contributed by atoms with Crippen molar-refractivity contribution in [2.45, 2.75) is 77.8 Å². The number of ether oxygens (including phenoxy) is 1. The van der Waals surface area contributed by atoms with Gasteiger partial charge >= 0.3 is 24.4 Å². The maximum Gasteiger partial charge on any atom is 0.391 e. The lowest BCUT2D eigenvalue weighted by Crippen LogP contribution is -2.45. The fourth-order valence-corrected chi connectivity index (χ4v) is 4.59. The molecule has 2 aromatic heterocycles. The lowest BCUT2D eigenvalue weighted by atomic mass is 9.79. The SMILES string of the molecule is CCn1nc(C(=O)NCC2(O)CCC(C)CC2)c(Cl)c1-c1cnc(C[C@@H](C)C(F)(F)F)cc1OC(F)F.O=S=O. The second-order valence-electron chi connectivity index (χ2n) is 9.68. The summed E-state index contributed by atoms with van der Waals surface area (Å²) in [7, 11) is 0. The number of amides is 1. The molecule has 0 aliphatic heterocycles. The standard InChI is InChI=1S/C24H30ClF5N4O3.O2S/c1-4-34-20(16-11-31-15(9-14(3)24(28,29)30)10-17(16)37-22(26)27)18(25)19(33-34)21(35)32-12-23(36)7-5-13(2)6-8-23;1-3-2/h10-11,13-14,22,36H,4-9,12H2,1-3H3,(H,32,35);/t13?,14-,23?;/m1./s1. The zero-order valence-corrected chi connectivity index (χ0v) is 23.5. The van der Waals surface area contributed by atoms with Gasteiger partial charge in [-0.05, 0) is 38.5 Å². The van der Waals surface area contributed by atoms with Crippen molar-refractivity contribution in [3.8, 4) is 17.0 Å². The van der Waals surface area contributed by atoms with Crippen LogP contribution in [0.25, 0.3) is 11.3 Å². The average Bonchev–Trinajstić information content (AvgIpc) is 3.20. The van der Waals surface area contributed by atoms with E-state index < -0.39 is 54.0 Å². The van der Waals surface area contributed by atoms with Crippen molar-refractivity contribution < 1.29 is 45.0 Å². The first kappa shape index (κ1) is 33.6. The van der Waals surface area contributed by atoms with E-state index in [0.29, 0.717) is 18.8 Å². The van der Waals surface area contributed by atoms with Gasteiger partial charge in [0.25, 0.3) is 5.91 Å². The first-order chi connectivity index (χ1) is 18.7. The maximum atomic E-state index is 13.2. The van der Waals surface area contributed by atoms with Crippen LogP contribution in [-0.4, -0.2) is 59.1 Å². The average molecular weight is 617 g/mol. The van der Waals surface area contributed by atoms with Crippen molar-refractivity contribution in [3.05, 3.63) is 28.7 Å². The van der Waals surface area contributed by atoms with E-state index in [9.17, 15) is 31.9 Å². The highest BCUT2D eigenvalue weighted by Crippen LogP contribution is 2.39. The molecule has 40 heavy (non-hydrogen) atoms. The van der Waals surface area contributed by atoms with Gasteiger partial charge in [-0.2, -0.15) is 35.5 Å². The smallest absolute Gasteiger partial charge is 0.391 e. The molecule has 1 saturated carbocycles. The number of aryl methyl sites for hydroxylation is 1. The van der Waals surface area contributed by atoms with E-state index in [1.807, 2.05) is 0 Å². The summed E-state index contributed by atoms with van der Waals surface area (Å²) < 4.78 is 87.8. The van der Waals surface area contributed by atoms with Gasteiger partial charge in [0, 0.05) is 37.5 Å². The molecular formula is C24H30ClF5N4O5S. The van der Waals surface area contributed by atoms with Crippen LogP contribution in [0.4, 0.5) is 22.0 Å². The molecule has 2 N–H and O–H groups in total. The molecule has 224 valence electrons. The molecule has 0 saturated heterocycles. The van der Waals surface area contributed by atoms with E-state index in [2.05, 4.69) is 27.1 Å². The Kier molecular flexibility index (Phi) is 12.0. The van der Waals surface area contributed by atoms with Gasteiger partial charge in [0.2, 0.25) is 0 Å². The highest BCUT2D eigenvalue weighted by molar-refractivity contribution is 7.51. The van der Waals surface area contributed by atoms with Crippen LogP contribution in [-0.2, 0) is 24.5 Å². The van der Waals surface area contributed by atoms with Crippen LogP contribution in [0.3, 0.4) is 0 Å². The van der Waals surface area contributed by atoms with Gasteiger partial charge in [0.15, 0.2) is 5.69 Å². The normalized spacial score (nSPS) is 19.9. The lowest BCUT2D eigenvalue weighted by Gasteiger charge is -2.34. The van der Waals surface area contributed by atoms with Crippen LogP contribution in [0.2, 0.25) is 5.02 Å². The van der Waals surface area contributed by atoms with Gasteiger partial charge in [-0.25, -0.2) is 0 Å². The summed E-state index contributed by atoms with van der Waals surface area (Å²) in [5.74, 6) is -2.36. The number of nitrogens with one attached hydrogen (secondary N) is 1. The van der Waals surface area contributed by atoms with Crippen LogP contribution in [0.5, 0.6) is 5.75 Å². The number of nitrogens with zero attached hydrogens (tertiary/aromatic N) is 3. The van der Waals surface area contributed by atoms with E-state index in [4.69, 9.17) is 20.0 Å².